The molecule has 6 nitrogen and oxygen atoms in total. The minimum atomic E-state index is -0.421. The molecule has 0 saturated heterocycles. The fraction of sp³-hybridized carbons (Fsp3) is 0.750. The molecule has 0 aromatic heterocycles. The van der Waals surface area contributed by atoms with Gasteiger partial charge >= 0.3 is 5.97 Å². The highest BCUT2D eigenvalue weighted by atomic mass is 16.5. The van der Waals surface area contributed by atoms with E-state index in [-0.39, 0.29) is 55.6 Å². The van der Waals surface area contributed by atoms with Gasteiger partial charge in [-0.25, -0.2) is 0 Å². The Morgan fingerprint density at radius 3 is 2.05 bits per heavy atom. The second-order valence-corrected chi connectivity index (χ2v) is 5.26. The number of ether oxygens (including phenoxy) is 2. The molecule has 0 fully saturated rings. The molecule has 0 aliphatic heterocycles. The lowest BCUT2D eigenvalue weighted by atomic mass is 10.0. The second kappa shape index (κ2) is 12.0. The van der Waals surface area contributed by atoms with Gasteiger partial charge in [-0.05, 0) is 19.8 Å². The van der Waals surface area contributed by atoms with E-state index in [9.17, 15) is 19.2 Å². The van der Waals surface area contributed by atoms with Gasteiger partial charge in [-0.1, -0.05) is 6.92 Å². The smallest absolute Gasteiger partial charge is 0.305 e. The van der Waals surface area contributed by atoms with Crippen molar-refractivity contribution in [3.63, 3.8) is 0 Å². The van der Waals surface area contributed by atoms with Crippen molar-refractivity contribution in [2.24, 2.45) is 0 Å². The molecule has 0 radical (unpaired) electrons. The van der Waals surface area contributed by atoms with Crippen LogP contribution in [0.25, 0.3) is 0 Å². The van der Waals surface area contributed by atoms with E-state index in [1.807, 2.05) is 0 Å². The average Bonchev–Trinajstić information content (AvgIpc) is 2.47. The lowest BCUT2D eigenvalue weighted by Crippen LogP contribution is -2.20. The number of Topliss-reactive ketones (excluding diaryl/α,β-unsaturated/α-hetero) is 3. The number of carbonyl (C=O) groups excluding carboxylic acids is 4. The monoisotopic (exact) mass is 314 g/mol. The molecule has 6 heteroatoms. The van der Waals surface area contributed by atoms with Gasteiger partial charge in [-0.3, -0.25) is 14.4 Å². The Hall–Kier alpha value is -1.56. The van der Waals surface area contributed by atoms with Crippen molar-refractivity contribution in [2.45, 2.75) is 64.9 Å². The lowest BCUT2D eigenvalue weighted by molar-refractivity contribution is -0.150. The van der Waals surface area contributed by atoms with Crippen molar-refractivity contribution >= 4 is 23.3 Å². The molecule has 0 spiro atoms. The predicted octanol–water partition coefficient (Wildman–Crippen LogP) is 2.02. The van der Waals surface area contributed by atoms with Gasteiger partial charge in [0.05, 0.1) is 0 Å². The summed E-state index contributed by atoms with van der Waals surface area (Å²) < 4.78 is 9.93. The zero-order chi connectivity index (χ0) is 17.0. The topological polar surface area (TPSA) is 86.7 Å². The zero-order valence-electron chi connectivity index (χ0n) is 13.7. The average molecular weight is 314 g/mol. The number of esters is 1. The fourth-order valence-electron chi connectivity index (χ4n) is 1.85. The summed E-state index contributed by atoms with van der Waals surface area (Å²) in [5.41, 5.74) is 0. The third kappa shape index (κ3) is 11.1. The first-order valence-electron chi connectivity index (χ1n) is 7.60. The maximum atomic E-state index is 11.7. The van der Waals surface area contributed by atoms with E-state index in [2.05, 4.69) is 0 Å². The molecule has 0 saturated carbocycles. The van der Waals surface area contributed by atoms with E-state index in [1.54, 1.807) is 6.92 Å². The fourth-order valence-corrected chi connectivity index (χ4v) is 1.85. The highest BCUT2D eigenvalue weighted by Crippen LogP contribution is 2.13. The van der Waals surface area contributed by atoms with Gasteiger partial charge in [0.15, 0.2) is 5.78 Å². The first kappa shape index (κ1) is 20.4. The van der Waals surface area contributed by atoms with Gasteiger partial charge in [0, 0.05) is 39.2 Å². The molecule has 1 atom stereocenters. The van der Waals surface area contributed by atoms with Crippen molar-refractivity contribution in [1.82, 2.24) is 0 Å². The maximum Gasteiger partial charge on any atom is 0.305 e. The van der Waals surface area contributed by atoms with Crippen molar-refractivity contribution in [3.8, 4) is 0 Å². The van der Waals surface area contributed by atoms with Crippen LogP contribution >= 0.6 is 0 Å². The summed E-state index contributed by atoms with van der Waals surface area (Å²) in [5, 5.41) is 0. The van der Waals surface area contributed by atoms with Gasteiger partial charge in [0.2, 0.25) is 0 Å². The van der Waals surface area contributed by atoms with Crippen molar-refractivity contribution in [2.75, 3.05) is 13.7 Å². The Morgan fingerprint density at radius 2 is 1.50 bits per heavy atom. The molecule has 126 valence electrons. The molecule has 0 rings (SSSR count). The highest BCUT2D eigenvalue weighted by Gasteiger charge is 2.16. The largest absolute Gasteiger partial charge is 0.462 e. The summed E-state index contributed by atoms with van der Waals surface area (Å²) in [6.45, 7) is 3.19. The Labute approximate surface area is 131 Å². The summed E-state index contributed by atoms with van der Waals surface area (Å²) in [4.78, 5) is 45.4. The molecule has 0 bridgehead atoms. The Balaban J connectivity index is 4.18. The van der Waals surface area contributed by atoms with Crippen LogP contribution in [0.4, 0.5) is 0 Å². The van der Waals surface area contributed by atoms with Gasteiger partial charge in [-0.15, -0.1) is 0 Å². The lowest BCUT2D eigenvalue weighted by Gasteiger charge is -2.16. The molecule has 1 unspecified atom stereocenters. The Bertz CT molecular complexity index is 388. The van der Waals surface area contributed by atoms with Gasteiger partial charge in [-0.2, -0.15) is 0 Å². The number of methoxy groups -OCH3 is 1. The van der Waals surface area contributed by atoms with E-state index in [0.717, 1.165) is 0 Å². The van der Waals surface area contributed by atoms with Crippen LogP contribution in [0.3, 0.4) is 0 Å². The predicted molar refractivity (Wildman–Crippen MR) is 80.4 cm³/mol. The van der Waals surface area contributed by atoms with Gasteiger partial charge < -0.3 is 14.3 Å². The maximum absolute atomic E-state index is 11.7. The standard InChI is InChI=1S/C16H26O6/c1-4-16(20)22-15(9-5-12(2)17)10-8-13(18)6-7-14(19)11-21-3/h15H,4-11H2,1-3H3. The van der Waals surface area contributed by atoms with Gasteiger partial charge in [0.25, 0.3) is 0 Å². The molecule has 0 N–H and O–H groups in total. The Kier molecular flexibility index (Phi) is 11.2. The second-order valence-electron chi connectivity index (χ2n) is 5.26. The SMILES string of the molecule is CCC(=O)OC(CCC(C)=O)CCC(=O)CCC(=O)COC. The summed E-state index contributed by atoms with van der Waals surface area (Å²) in [5.74, 6) is -0.475. The minimum Gasteiger partial charge on any atom is -0.462 e. The van der Waals surface area contributed by atoms with Crippen LogP contribution in [0.15, 0.2) is 0 Å². The first-order valence-corrected chi connectivity index (χ1v) is 7.60. The quantitative estimate of drug-likeness (QED) is 0.483. The van der Waals surface area contributed by atoms with Crippen LogP contribution in [0.2, 0.25) is 0 Å². The zero-order valence-corrected chi connectivity index (χ0v) is 13.7. The van der Waals surface area contributed by atoms with E-state index >= 15 is 0 Å². The number of hydrogen-bond donors (Lipinski definition) is 0. The third-order valence-electron chi connectivity index (χ3n) is 3.14. The molecule has 0 aromatic carbocycles. The van der Waals surface area contributed by atoms with Crippen molar-refractivity contribution in [3.05, 3.63) is 0 Å². The first-order chi connectivity index (χ1) is 10.4. The summed E-state index contributed by atoms with van der Waals surface area (Å²) in [6.07, 6.45) is 1.55. The van der Waals surface area contributed by atoms with Crippen LogP contribution < -0.4 is 0 Å². The van der Waals surface area contributed by atoms with Crippen LogP contribution in [0.1, 0.15) is 58.8 Å². The summed E-state index contributed by atoms with van der Waals surface area (Å²) >= 11 is 0. The Morgan fingerprint density at radius 1 is 0.909 bits per heavy atom. The molecule has 0 aromatic rings. The number of ketones is 3. The van der Waals surface area contributed by atoms with Crippen molar-refractivity contribution in [1.29, 1.82) is 0 Å². The van der Waals surface area contributed by atoms with Crippen LogP contribution in [0, 0.1) is 0 Å². The van der Waals surface area contributed by atoms with E-state index in [0.29, 0.717) is 19.3 Å². The molecule has 0 amide bonds. The molecule has 0 aliphatic rings. The number of rotatable bonds is 13. The summed E-state index contributed by atoms with van der Waals surface area (Å²) in [6, 6.07) is 0. The third-order valence-corrected chi connectivity index (χ3v) is 3.14. The van der Waals surface area contributed by atoms with Crippen molar-refractivity contribution < 1.29 is 28.7 Å². The minimum absolute atomic E-state index is 0.0165. The summed E-state index contributed by atoms with van der Waals surface area (Å²) in [7, 11) is 1.43. The van der Waals surface area contributed by atoms with E-state index in [4.69, 9.17) is 9.47 Å². The van der Waals surface area contributed by atoms with Crippen LogP contribution in [-0.4, -0.2) is 43.1 Å². The van der Waals surface area contributed by atoms with Crippen LogP contribution in [-0.2, 0) is 28.7 Å². The number of carbonyl (C=O) groups is 4. The van der Waals surface area contributed by atoms with E-state index in [1.165, 1.54) is 14.0 Å². The highest BCUT2D eigenvalue weighted by molar-refractivity contribution is 5.86. The number of hydrogen-bond acceptors (Lipinski definition) is 6. The molecule has 0 aliphatic carbocycles. The molecule has 0 heterocycles. The molecule has 22 heavy (non-hydrogen) atoms. The van der Waals surface area contributed by atoms with E-state index < -0.39 is 6.10 Å². The van der Waals surface area contributed by atoms with Gasteiger partial charge in [0.1, 0.15) is 24.3 Å². The molecular formula is C16H26O6. The molecular weight excluding hydrogens is 288 g/mol. The normalized spacial score (nSPS) is 11.8. The van der Waals surface area contributed by atoms with Crippen LogP contribution in [0.5, 0.6) is 0 Å².